The lowest BCUT2D eigenvalue weighted by Gasteiger charge is -2.33. The van der Waals surface area contributed by atoms with Crippen LogP contribution >= 0.6 is 0 Å². The van der Waals surface area contributed by atoms with Gasteiger partial charge in [0, 0.05) is 12.6 Å². The zero-order valence-corrected chi connectivity index (χ0v) is 11.8. The highest BCUT2D eigenvalue weighted by atomic mass is 15.1. The molecular formula is C15H30N2. The van der Waals surface area contributed by atoms with Gasteiger partial charge in [-0.25, -0.2) is 0 Å². The minimum atomic E-state index is 0.712. The summed E-state index contributed by atoms with van der Waals surface area (Å²) in [5.41, 5.74) is 0. The largest absolute Gasteiger partial charge is 0.314 e. The Morgan fingerprint density at radius 1 is 1.00 bits per heavy atom. The molecule has 0 radical (unpaired) electrons. The smallest absolute Gasteiger partial charge is 0.00509 e. The van der Waals surface area contributed by atoms with Crippen LogP contribution in [0.5, 0.6) is 0 Å². The summed E-state index contributed by atoms with van der Waals surface area (Å²) < 4.78 is 0. The molecule has 2 rings (SSSR count). The standard InChI is InChI=1S/C15H30N2/c1-13-4-6-15(7-5-13)12-17-10-3-9-16-14(2)8-11-17/h13-16H,3-12H2,1-2H3. The van der Waals surface area contributed by atoms with E-state index in [2.05, 4.69) is 24.1 Å². The van der Waals surface area contributed by atoms with Crippen LogP contribution < -0.4 is 5.32 Å². The second-order valence-corrected chi connectivity index (χ2v) is 6.42. The molecule has 0 aromatic heterocycles. The van der Waals surface area contributed by atoms with Crippen LogP contribution in [0.1, 0.15) is 52.4 Å². The molecular weight excluding hydrogens is 208 g/mol. The Bertz CT molecular complexity index is 209. The fourth-order valence-electron chi connectivity index (χ4n) is 3.30. The zero-order chi connectivity index (χ0) is 12.1. The van der Waals surface area contributed by atoms with Gasteiger partial charge >= 0.3 is 0 Å². The van der Waals surface area contributed by atoms with Gasteiger partial charge in [0.2, 0.25) is 0 Å². The summed E-state index contributed by atoms with van der Waals surface area (Å²) in [6, 6.07) is 0.712. The first-order chi connectivity index (χ1) is 8.24. The molecule has 17 heavy (non-hydrogen) atoms. The van der Waals surface area contributed by atoms with E-state index in [1.807, 2.05) is 0 Å². The Morgan fingerprint density at radius 3 is 2.53 bits per heavy atom. The van der Waals surface area contributed by atoms with Gasteiger partial charge in [-0.1, -0.05) is 19.8 Å². The van der Waals surface area contributed by atoms with Crippen molar-refractivity contribution in [3.8, 4) is 0 Å². The molecule has 1 heterocycles. The average molecular weight is 238 g/mol. The third-order valence-electron chi connectivity index (χ3n) is 4.67. The van der Waals surface area contributed by atoms with Crippen molar-refractivity contribution in [1.82, 2.24) is 10.2 Å². The molecule has 2 fully saturated rings. The maximum Gasteiger partial charge on any atom is 0.00509 e. The van der Waals surface area contributed by atoms with Crippen molar-refractivity contribution in [3.05, 3.63) is 0 Å². The second kappa shape index (κ2) is 6.75. The molecule has 2 aliphatic rings. The normalized spacial score (nSPS) is 37.4. The van der Waals surface area contributed by atoms with Gasteiger partial charge in [0.05, 0.1) is 0 Å². The number of rotatable bonds is 2. The van der Waals surface area contributed by atoms with Crippen molar-refractivity contribution >= 4 is 0 Å². The quantitative estimate of drug-likeness (QED) is 0.796. The fraction of sp³-hybridized carbons (Fsp3) is 1.00. The van der Waals surface area contributed by atoms with Crippen molar-refractivity contribution in [2.45, 2.75) is 58.4 Å². The van der Waals surface area contributed by atoms with E-state index >= 15 is 0 Å². The highest BCUT2D eigenvalue weighted by Crippen LogP contribution is 2.28. The van der Waals surface area contributed by atoms with Crippen LogP contribution in [0.15, 0.2) is 0 Å². The zero-order valence-electron chi connectivity index (χ0n) is 11.8. The average Bonchev–Trinajstić information content (AvgIpc) is 2.31. The van der Waals surface area contributed by atoms with E-state index in [-0.39, 0.29) is 0 Å². The first kappa shape index (κ1) is 13.4. The third kappa shape index (κ3) is 4.59. The number of hydrogen-bond donors (Lipinski definition) is 1. The molecule has 100 valence electrons. The number of nitrogens with zero attached hydrogens (tertiary/aromatic N) is 1. The predicted molar refractivity (Wildman–Crippen MR) is 74.3 cm³/mol. The lowest BCUT2D eigenvalue weighted by Crippen LogP contribution is -2.40. The first-order valence-electron chi connectivity index (χ1n) is 7.70. The summed E-state index contributed by atoms with van der Waals surface area (Å²) >= 11 is 0. The molecule has 0 aromatic carbocycles. The van der Waals surface area contributed by atoms with Crippen LogP contribution in [-0.2, 0) is 0 Å². The Balaban J connectivity index is 1.73. The SMILES string of the molecule is CC1CCC(CN2CCCNC(C)CC2)CC1. The molecule has 0 spiro atoms. The van der Waals surface area contributed by atoms with Gasteiger partial charge in [0.1, 0.15) is 0 Å². The van der Waals surface area contributed by atoms with Crippen molar-refractivity contribution in [2.75, 3.05) is 26.2 Å². The molecule has 0 amide bonds. The highest BCUT2D eigenvalue weighted by molar-refractivity contribution is 4.76. The summed E-state index contributed by atoms with van der Waals surface area (Å²) in [4.78, 5) is 2.73. The van der Waals surface area contributed by atoms with Gasteiger partial charge in [-0.2, -0.15) is 0 Å². The van der Waals surface area contributed by atoms with Gasteiger partial charge in [0.15, 0.2) is 0 Å². The summed E-state index contributed by atoms with van der Waals surface area (Å²) in [6.07, 6.45) is 8.54. The van der Waals surface area contributed by atoms with Crippen LogP contribution in [0.3, 0.4) is 0 Å². The van der Waals surface area contributed by atoms with Gasteiger partial charge in [-0.15, -0.1) is 0 Å². The topological polar surface area (TPSA) is 15.3 Å². The Morgan fingerprint density at radius 2 is 1.76 bits per heavy atom. The van der Waals surface area contributed by atoms with E-state index in [4.69, 9.17) is 0 Å². The maximum atomic E-state index is 3.59. The summed E-state index contributed by atoms with van der Waals surface area (Å²) in [7, 11) is 0. The molecule has 0 aromatic rings. The molecule has 1 aliphatic heterocycles. The molecule has 1 atom stereocenters. The third-order valence-corrected chi connectivity index (χ3v) is 4.67. The van der Waals surface area contributed by atoms with Crippen LogP contribution in [0.25, 0.3) is 0 Å². The van der Waals surface area contributed by atoms with Gasteiger partial charge in [0.25, 0.3) is 0 Å². The van der Waals surface area contributed by atoms with E-state index < -0.39 is 0 Å². The van der Waals surface area contributed by atoms with E-state index in [0.717, 1.165) is 11.8 Å². The van der Waals surface area contributed by atoms with E-state index in [0.29, 0.717) is 6.04 Å². The van der Waals surface area contributed by atoms with Crippen LogP contribution in [-0.4, -0.2) is 37.1 Å². The Hall–Kier alpha value is -0.0800. The minimum absolute atomic E-state index is 0.712. The monoisotopic (exact) mass is 238 g/mol. The summed E-state index contributed by atoms with van der Waals surface area (Å²) in [5, 5.41) is 3.59. The van der Waals surface area contributed by atoms with E-state index in [1.165, 1.54) is 64.7 Å². The van der Waals surface area contributed by atoms with E-state index in [9.17, 15) is 0 Å². The van der Waals surface area contributed by atoms with Crippen molar-refractivity contribution in [3.63, 3.8) is 0 Å². The van der Waals surface area contributed by atoms with Crippen LogP contribution in [0.4, 0.5) is 0 Å². The molecule has 1 saturated heterocycles. The van der Waals surface area contributed by atoms with Gasteiger partial charge in [-0.3, -0.25) is 0 Å². The lowest BCUT2D eigenvalue weighted by atomic mass is 9.83. The summed E-state index contributed by atoms with van der Waals surface area (Å²) in [5.74, 6) is 1.98. The maximum absolute atomic E-state index is 3.59. The second-order valence-electron chi connectivity index (χ2n) is 6.42. The Labute approximate surface area is 107 Å². The van der Waals surface area contributed by atoms with Crippen molar-refractivity contribution < 1.29 is 0 Å². The van der Waals surface area contributed by atoms with Crippen LogP contribution in [0, 0.1) is 11.8 Å². The molecule has 1 aliphatic carbocycles. The molecule has 1 unspecified atom stereocenters. The number of hydrogen-bond acceptors (Lipinski definition) is 2. The lowest BCUT2D eigenvalue weighted by molar-refractivity contribution is 0.169. The van der Waals surface area contributed by atoms with Crippen molar-refractivity contribution in [1.29, 1.82) is 0 Å². The number of nitrogens with one attached hydrogen (secondary N) is 1. The molecule has 0 bridgehead atoms. The van der Waals surface area contributed by atoms with Crippen molar-refractivity contribution in [2.24, 2.45) is 11.8 Å². The summed E-state index contributed by atoms with van der Waals surface area (Å²) in [6.45, 7) is 9.94. The molecule has 2 nitrogen and oxygen atoms in total. The minimum Gasteiger partial charge on any atom is -0.314 e. The highest BCUT2D eigenvalue weighted by Gasteiger charge is 2.21. The first-order valence-corrected chi connectivity index (χ1v) is 7.70. The fourth-order valence-corrected chi connectivity index (χ4v) is 3.30. The Kier molecular flexibility index (Phi) is 5.30. The van der Waals surface area contributed by atoms with E-state index in [1.54, 1.807) is 0 Å². The molecule has 1 N–H and O–H groups in total. The van der Waals surface area contributed by atoms with Crippen LogP contribution in [0.2, 0.25) is 0 Å². The van der Waals surface area contributed by atoms with Gasteiger partial charge < -0.3 is 10.2 Å². The molecule has 2 heteroatoms. The van der Waals surface area contributed by atoms with Gasteiger partial charge in [-0.05, 0) is 64.1 Å². The molecule has 1 saturated carbocycles. The predicted octanol–water partition coefficient (Wildman–Crippen LogP) is 2.89.